The Balaban J connectivity index is 2.02. The number of benzene rings is 1. The van der Waals surface area contributed by atoms with Crippen LogP contribution in [0.1, 0.15) is 63.5 Å². The molecular weight excluding hydrogens is 244 g/mol. The van der Waals surface area contributed by atoms with Gasteiger partial charge in [0.25, 0.3) is 0 Å². The highest BCUT2D eigenvalue weighted by molar-refractivity contribution is 5.25. The van der Waals surface area contributed by atoms with Crippen LogP contribution in [0, 0.1) is 0 Å². The molecule has 1 atom stereocenters. The van der Waals surface area contributed by atoms with Gasteiger partial charge in [0.05, 0.1) is 5.66 Å². The molecule has 1 heterocycles. The third-order valence-corrected chi connectivity index (χ3v) is 4.54. The van der Waals surface area contributed by atoms with Crippen molar-refractivity contribution >= 4 is 0 Å². The van der Waals surface area contributed by atoms with Crippen LogP contribution in [0.4, 0.5) is 0 Å². The molecule has 0 radical (unpaired) electrons. The second-order valence-electron chi connectivity index (χ2n) is 6.83. The van der Waals surface area contributed by atoms with Crippen LogP contribution in [0.5, 0.6) is 0 Å². The number of nitrogens with two attached hydrogens (primary N) is 1. The first-order valence-corrected chi connectivity index (χ1v) is 8.12. The zero-order chi connectivity index (χ0) is 14.6. The van der Waals surface area contributed by atoms with E-state index >= 15 is 0 Å². The molecule has 1 saturated heterocycles. The smallest absolute Gasteiger partial charge is 0.0699 e. The molecule has 1 aliphatic rings. The maximum absolute atomic E-state index is 6.62. The maximum Gasteiger partial charge on any atom is 0.0699 e. The van der Waals surface area contributed by atoms with E-state index < -0.39 is 0 Å². The van der Waals surface area contributed by atoms with E-state index in [2.05, 4.69) is 49.9 Å². The average Bonchev–Trinajstić information content (AvgIpc) is 2.68. The molecule has 0 aromatic heterocycles. The van der Waals surface area contributed by atoms with E-state index in [-0.39, 0.29) is 5.66 Å². The fraction of sp³-hybridized carbons (Fsp3) is 0.667. The fourth-order valence-corrected chi connectivity index (χ4v) is 3.13. The topological polar surface area (TPSA) is 29.3 Å². The maximum atomic E-state index is 6.62. The van der Waals surface area contributed by atoms with Crippen LogP contribution in [-0.4, -0.2) is 23.7 Å². The summed E-state index contributed by atoms with van der Waals surface area (Å²) in [7, 11) is 0. The summed E-state index contributed by atoms with van der Waals surface area (Å²) in [6, 6.07) is 8.99. The van der Waals surface area contributed by atoms with Crippen LogP contribution in [-0.2, 0) is 6.42 Å². The Labute approximate surface area is 124 Å². The van der Waals surface area contributed by atoms with E-state index in [0.717, 1.165) is 19.5 Å². The van der Waals surface area contributed by atoms with Crippen LogP contribution < -0.4 is 5.73 Å². The van der Waals surface area contributed by atoms with Gasteiger partial charge in [-0.3, -0.25) is 4.90 Å². The Morgan fingerprint density at radius 2 is 1.60 bits per heavy atom. The highest BCUT2D eigenvalue weighted by Gasteiger charge is 2.27. The SMILES string of the molecule is CC(C)c1ccc(CC(C)(N)N2CCCCCC2)cc1. The number of rotatable bonds is 4. The van der Waals surface area contributed by atoms with E-state index in [9.17, 15) is 0 Å². The monoisotopic (exact) mass is 274 g/mol. The number of hydrogen-bond acceptors (Lipinski definition) is 2. The van der Waals surface area contributed by atoms with E-state index in [1.165, 1.54) is 36.8 Å². The minimum Gasteiger partial charge on any atom is -0.313 e. The molecule has 2 heteroatoms. The van der Waals surface area contributed by atoms with Crippen molar-refractivity contribution in [2.75, 3.05) is 13.1 Å². The zero-order valence-electron chi connectivity index (χ0n) is 13.4. The van der Waals surface area contributed by atoms with Gasteiger partial charge in [-0.2, -0.15) is 0 Å². The molecule has 1 aliphatic heterocycles. The Morgan fingerprint density at radius 3 is 2.10 bits per heavy atom. The molecule has 1 fully saturated rings. The van der Waals surface area contributed by atoms with Gasteiger partial charge in [0, 0.05) is 6.42 Å². The number of hydrogen-bond donors (Lipinski definition) is 1. The summed E-state index contributed by atoms with van der Waals surface area (Å²) in [5.74, 6) is 0.596. The molecule has 2 nitrogen and oxygen atoms in total. The third kappa shape index (κ3) is 4.07. The second kappa shape index (κ2) is 6.73. The van der Waals surface area contributed by atoms with Crippen molar-refractivity contribution in [3.05, 3.63) is 35.4 Å². The van der Waals surface area contributed by atoms with E-state index in [4.69, 9.17) is 5.73 Å². The van der Waals surface area contributed by atoms with Gasteiger partial charge in [-0.25, -0.2) is 0 Å². The standard InChI is InChI=1S/C18H30N2/c1-15(2)17-10-8-16(9-11-17)14-18(3,19)20-12-6-4-5-7-13-20/h8-11,15H,4-7,12-14,19H2,1-3H3. The normalized spacial score (nSPS) is 20.6. The van der Waals surface area contributed by atoms with Crippen molar-refractivity contribution in [1.29, 1.82) is 0 Å². The summed E-state index contributed by atoms with van der Waals surface area (Å²) in [4.78, 5) is 2.48. The fourth-order valence-electron chi connectivity index (χ4n) is 3.13. The number of nitrogens with zero attached hydrogens (tertiary/aromatic N) is 1. The predicted molar refractivity (Wildman–Crippen MR) is 86.9 cm³/mol. The molecule has 0 amide bonds. The van der Waals surface area contributed by atoms with Crippen LogP contribution in [0.25, 0.3) is 0 Å². The van der Waals surface area contributed by atoms with Gasteiger partial charge in [0.15, 0.2) is 0 Å². The van der Waals surface area contributed by atoms with Crippen molar-refractivity contribution in [2.24, 2.45) is 5.73 Å². The minimum absolute atomic E-state index is 0.219. The molecular formula is C18H30N2. The first kappa shape index (κ1) is 15.5. The summed E-state index contributed by atoms with van der Waals surface area (Å²) >= 11 is 0. The van der Waals surface area contributed by atoms with Gasteiger partial charge >= 0.3 is 0 Å². The Kier molecular flexibility index (Phi) is 5.22. The molecule has 1 unspecified atom stereocenters. The van der Waals surface area contributed by atoms with Gasteiger partial charge in [-0.1, -0.05) is 51.0 Å². The van der Waals surface area contributed by atoms with E-state index in [1.54, 1.807) is 0 Å². The lowest BCUT2D eigenvalue weighted by atomic mass is 9.96. The molecule has 2 rings (SSSR count). The second-order valence-corrected chi connectivity index (χ2v) is 6.83. The van der Waals surface area contributed by atoms with Crippen LogP contribution in [0.15, 0.2) is 24.3 Å². The summed E-state index contributed by atoms with van der Waals surface area (Å²) in [5.41, 5.74) is 9.15. The van der Waals surface area contributed by atoms with Crippen molar-refractivity contribution in [3.8, 4) is 0 Å². The lowest BCUT2D eigenvalue weighted by molar-refractivity contribution is 0.113. The lowest BCUT2D eigenvalue weighted by Gasteiger charge is -2.38. The first-order chi connectivity index (χ1) is 9.49. The van der Waals surface area contributed by atoms with Crippen molar-refractivity contribution < 1.29 is 0 Å². The summed E-state index contributed by atoms with van der Waals surface area (Å²) in [5, 5.41) is 0. The third-order valence-electron chi connectivity index (χ3n) is 4.54. The van der Waals surface area contributed by atoms with Crippen LogP contribution in [0.2, 0.25) is 0 Å². The highest BCUT2D eigenvalue weighted by atomic mass is 15.3. The summed E-state index contributed by atoms with van der Waals surface area (Å²) < 4.78 is 0. The van der Waals surface area contributed by atoms with E-state index in [0.29, 0.717) is 5.92 Å². The predicted octanol–water partition coefficient (Wildman–Crippen LogP) is 3.90. The van der Waals surface area contributed by atoms with Gasteiger partial charge in [0.2, 0.25) is 0 Å². The Hall–Kier alpha value is -0.860. The summed E-state index contributed by atoms with van der Waals surface area (Å²) in [6.45, 7) is 8.96. The average molecular weight is 274 g/mol. The molecule has 0 saturated carbocycles. The van der Waals surface area contributed by atoms with Crippen LogP contribution in [0.3, 0.4) is 0 Å². The molecule has 2 N–H and O–H groups in total. The molecule has 0 bridgehead atoms. The van der Waals surface area contributed by atoms with E-state index in [1.807, 2.05) is 0 Å². The van der Waals surface area contributed by atoms with Crippen molar-refractivity contribution in [2.45, 2.75) is 64.5 Å². The lowest BCUT2D eigenvalue weighted by Crippen LogP contribution is -2.55. The Bertz CT molecular complexity index is 398. The van der Waals surface area contributed by atoms with Crippen molar-refractivity contribution in [3.63, 3.8) is 0 Å². The van der Waals surface area contributed by atoms with Crippen LogP contribution >= 0.6 is 0 Å². The highest BCUT2D eigenvalue weighted by Crippen LogP contribution is 2.22. The first-order valence-electron chi connectivity index (χ1n) is 8.12. The largest absolute Gasteiger partial charge is 0.313 e. The molecule has 20 heavy (non-hydrogen) atoms. The minimum atomic E-state index is -0.219. The van der Waals surface area contributed by atoms with Crippen molar-refractivity contribution in [1.82, 2.24) is 4.90 Å². The molecule has 1 aromatic carbocycles. The number of likely N-dealkylation sites (tertiary alicyclic amines) is 1. The summed E-state index contributed by atoms with van der Waals surface area (Å²) in [6.07, 6.45) is 6.23. The molecule has 0 spiro atoms. The van der Waals surface area contributed by atoms with Gasteiger partial charge in [-0.15, -0.1) is 0 Å². The van der Waals surface area contributed by atoms with Gasteiger partial charge < -0.3 is 5.73 Å². The van der Waals surface area contributed by atoms with Gasteiger partial charge in [0.1, 0.15) is 0 Å². The Morgan fingerprint density at radius 1 is 1.05 bits per heavy atom. The molecule has 0 aliphatic carbocycles. The quantitative estimate of drug-likeness (QED) is 0.902. The zero-order valence-corrected chi connectivity index (χ0v) is 13.4. The van der Waals surface area contributed by atoms with Gasteiger partial charge in [-0.05, 0) is 49.9 Å². The molecule has 112 valence electrons. The molecule has 1 aromatic rings.